The second kappa shape index (κ2) is 6.65. The molecule has 0 aromatic heterocycles. The predicted molar refractivity (Wildman–Crippen MR) is 85.6 cm³/mol. The minimum atomic E-state index is 0.685. The highest BCUT2D eigenvalue weighted by Gasteiger charge is 2.28. The molecule has 110 valence electrons. The van der Waals surface area contributed by atoms with Gasteiger partial charge < -0.3 is 10.1 Å². The van der Waals surface area contributed by atoms with E-state index in [2.05, 4.69) is 26.1 Å². The number of fused-ring (bicyclic) bond motifs is 2. The van der Waals surface area contributed by atoms with E-state index in [1.807, 2.05) is 18.2 Å². The van der Waals surface area contributed by atoms with Crippen LogP contribution in [0.3, 0.4) is 0 Å². The molecule has 5 heteroatoms. The van der Waals surface area contributed by atoms with E-state index in [0.29, 0.717) is 6.04 Å². The van der Waals surface area contributed by atoms with E-state index in [-0.39, 0.29) is 0 Å². The van der Waals surface area contributed by atoms with E-state index in [4.69, 9.17) is 16.3 Å². The molecule has 0 saturated carbocycles. The Morgan fingerprint density at radius 2 is 2.15 bits per heavy atom. The van der Waals surface area contributed by atoms with Gasteiger partial charge in [0.15, 0.2) is 0 Å². The van der Waals surface area contributed by atoms with Crippen molar-refractivity contribution in [3.63, 3.8) is 0 Å². The molecule has 0 aliphatic carbocycles. The molecule has 2 saturated heterocycles. The summed E-state index contributed by atoms with van der Waals surface area (Å²) in [6, 6.07) is 7.07. The van der Waals surface area contributed by atoms with Crippen LogP contribution in [-0.2, 0) is 0 Å². The number of hydrogen-bond donors (Lipinski definition) is 1. The van der Waals surface area contributed by atoms with Crippen molar-refractivity contribution in [1.29, 1.82) is 0 Å². The molecule has 1 N–H and O–H groups in total. The van der Waals surface area contributed by atoms with Crippen LogP contribution in [0.1, 0.15) is 19.3 Å². The summed E-state index contributed by atoms with van der Waals surface area (Å²) >= 11 is 9.41. The molecule has 1 aromatic carbocycles. The average Bonchev–Trinajstić information content (AvgIpc) is 2.74. The van der Waals surface area contributed by atoms with Gasteiger partial charge in [0.1, 0.15) is 12.4 Å². The standard InChI is InChI=1S/C15H20BrClN2O/c16-14-9-11(17)1-4-15(14)20-8-7-19-6-5-12-2-3-13(10-19)18-12/h1,4,9,12-13,18H,2-3,5-8,10H2. The summed E-state index contributed by atoms with van der Waals surface area (Å²) < 4.78 is 6.77. The van der Waals surface area contributed by atoms with Crippen LogP contribution in [0.2, 0.25) is 5.02 Å². The number of benzene rings is 1. The molecular formula is C15H20BrClN2O. The third-order valence-electron chi connectivity index (χ3n) is 4.17. The number of ether oxygens (including phenoxy) is 1. The van der Waals surface area contributed by atoms with Crippen LogP contribution >= 0.6 is 27.5 Å². The van der Waals surface area contributed by atoms with E-state index >= 15 is 0 Å². The Kier molecular flexibility index (Phi) is 4.87. The van der Waals surface area contributed by atoms with Gasteiger partial charge in [0.05, 0.1) is 4.47 Å². The second-order valence-corrected chi connectivity index (χ2v) is 6.94. The van der Waals surface area contributed by atoms with Gasteiger partial charge in [0, 0.05) is 30.2 Å². The Hall–Kier alpha value is -0.290. The number of nitrogens with one attached hydrogen (secondary N) is 1. The van der Waals surface area contributed by atoms with Crippen LogP contribution in [0.15, 0.2) is 22.7 Å². The normalized spacial score (nSPS) is 26.5. The first kappa shape index (κ1) is 14.6. The van der Waals surface area contributed by atoms with Gasteiger partial charge >= 0.3 is 0 Å². The maximum absolute atomic E-state index is 5.93. The highest BCUT2D eigenvalue weighted by Crippen LogP contribution is 2.28. The summed E-state index contributed by atoms with van der Waals surface area (Å²) in [7, 11) is 0. The number of likely N-dealkylation sites (tertiary alicyclic amines) is 1. The predicted octanol–water partition coefficient (Wildman–Crippen LogP) is 3.31. The lowest BCUT2D eigenvalue weighted by Gasteiger charge is -2.23. The van der Waals surface area contributed by atoms with Gasteiger partial charge in [-0.1, -0.05) is 11.6 Å². The van der Waals surface area contributed by atoms with E-state index in [9.17, 15) is 0 Å². The largest absolute Gasteiger partial charge is 0.491 e. The van der Waals surface area contributed by atoms with Crippen molar-refractivity contribution in [2.24, 2.45) is 0 Å². The monoisotopic (exact) mass is 358 g/mol. The maximum atomic E-state index is 5.93. The summed E-state index contributed by atoms with van der Waals surface area (Å²) in [6.45, 7) is 4.04. The molecule has 2 fully saturated rings. The highest BCUT2D eigenvalue weighted by atomic mass is 79.9. The van der Waals surface area contributed by atoms with Crippen molar-refractivity contribution in [1.82, 2.24) is 10.2 Å². The molecule has 3 rings (SSSR count). The topological polar surface area (TPSA) is 24.5 Å². The first-order chi connectivity index (χ1) is 9.70. The van der Waals surface area contributed by atoms with Crippen molar-refractivity contribution in [3.8, 4) is 5.75 Å². The number of nitrogens with zero attached hydrogens (tertiary/aromatic N) is 1. The molecule has 0 amide bonds. The van der Waals surface area contributed by atoms with Crippen LogP contribution in [0.5, 0.6) is 5.75 Å². The van der Waals surface area contributed by atoms with Crippen LogP contribution in [0.4, 0.5) is 0 Å². The van der Waals surface area contributed by atoms with Crippen molar-refractivity contribution in [2.45, 2.75) is 31.3 Å². The fourth-order valence-electron chi connectivity index (χ4n) is 3.10. The minimum Gasteiger partial charge on any atom is -0.491 e. The Bertz CT molecular complexity index is 471. The smallest absolute Gasteiger partial charge is 0.133 e. The summed E-state index contributed by atoms with van der Waals surface area (Å²) in [4.78, 5) is 2.51. The van der Waals surface area contributed by atoms with Crippen LogP contribution in [0.25, 0.3) is 0 Å². The molecular weight excluding hydrogens is 340 g/mol. The zero-order valence-corrected chi connectivity index (χ0v) is 13.8. The van der Waals surface area contributed by atoms with Gasteiger partial charge in [-0.2, -0.15) is 0 Å². The van der Waals surface area contributed by atoms with Crippen LogP contribution < -0.4 is 10.1 Å². The molecule has 2 bridgehead atoms. The van der Waals surface area contributed by atoms with Crippen molar-refractivity contribution < 1.29 is 4.74 Å². The van der Waals surface area contributed by atoms with Gasteiger partial charge in [-0.15, -0.1) is 0 Å². The van der Waals surface area contributed by atoms with E-state index in [0.717, 1.165) is 41.0 Å². The fourth-order valence-corrected chi connectivity index (χ4v) is 3.89. The summed E-state index contributed by atoms with van der Waals surface area (Å²) in [5, 5.41) is 4.42. The summed E-state index contributed by atoms with van der Waals surface area (Å²) in [5.74, 6) is 0.865. The molecule has 0 spiro atoms. The lowest BCUT2D eigenvalue weighted by molar-refractivity contribution is 0.201. The lowest BCUT2D eigenvalue weighted by atomic mass is 10.1. The molecule has 2 aliphatic rings. The van der Waals surface area contributed by atoms with Crippen molar-refractivity contribution in [3.05, 3.63) is 27.7 Å². The van der Waals surface area contributed by atoms with E-state index < -0.39 is 0 Å². The fraction of sp³-hybridized carbons (Fsp3) is 0.600. The Labute approximate surface area is 133 Å². The summed E-state index contributed by atoms with van der Waals surface area (Å²) in [6.07, 6.45) is 3.94. The first-order valence-corrected chi connectivity index (χ1v) is 8.44. The molecule has 2 atom stereocenters. The average molecular weight is 360 g/mol. The van der Waals surface area contributed by atoms with Crippen molar-refractivity contribution >= 4 is 27.5 Å². The van der Waals surface area contributed by atoms with Gasteiger partial charge in [-0.05, 0) is 59.9 Å². The van der Waals surface area contributed by atoms with Gasteiger partial charge in [0.25, 0.3) is 0 Å². The molecule has 2 aliphatic heterocycles. The maximum Gasteiger partial charge on any atom is 0.133 e. The van der Waals surface area contributed by atoms with Gasteiger partial charge in [0.2, 0.25) is 0 Å². The van der Waals surface area contributed by atoms with E-state index in [1.54, 1.807) is 0 Å². The van der Waals surface area contributed by atoms with E-state index in [1.165, 1.54) is 25.8 Å². The third-order valence-corrected chi connectivity index (χ3v) is 5.02. The van der Waals surface area contributed by atoms with Crippen molar-refractivity contribution in [2.75, 3.05) is 26.2 Å². The number of halogens is 2. The van der Waals surface area contributed by atoms with Gasteiger partial charge in [-0.25, -0.2) is 0 Å². The zero-order valence-electron chi connectivity index (χ0n) is 11.4. The van der Waals surface area contributed by atoms with Crippen LogP contribution in [-0.4, -0.2) is 43.2 Å². The SMILES string of the molecule is Clc1ccc(OCCN2CCC3CCC(C2)N3)c(Br)c1. The van der Waals surface area contributed by atoms with Crippen LogP contribution in [0, 0.1) is 0 Å². The zero-order chi connectivity index (χ0) is 13.9. The first-order valence-electron chi connectivity index (χ1n) is 7.27. The number of rotatable bonds is 4. The molecule has 0 radical (unpaired) electrons. The second-order valence-electron chi connectivity index (χ2n) is 5.65. The summed E-state index contributed by atoms with van der Waals surface area (Å²) in [5.41, 5.74) is 0. The molecule has 2 unspecified atom stereocenters. The minimum absolute atomic E-state index is 0.685. The Morgan fingerprint density at radius 3 is 3.00 bits per heavy atom. The third kappa shape index (κ3) is 3.67. The highest BCUT2D eigenvalue weighted by molar-refractivity contribution is 9.10. The molecule has 20 heavy (non-hydrogen) atoms. The number of hydrogen-bond acceptors (Lipinski definition) is 3. The molecule has 1 aromatic rings. The quantitative estimate of drug-likeness (QED) is 0.892. The Balaban J connectivity index is 1.47. The molecule has 2 heterocycles. The Morgan fingerprint density at radius 1 is 1.30 bits per heavy atom. The van der Waals surface area contributed by atoms with Gasteiger partial charge in [-0.3, -0.25) is 4.90 Å². The molecule has 3 nitrogen and oxygen atoms in total. The lowest BCUT2D eigenvalue weighted by Crippen LogP contribution is -2.37.